The molecule has 26 heavy (non-hydrogen) atoms. The molecule has 1 N–H and O–H groups in total. The average Bonchev–Trinajstić information content (AvgIpc) is 2.60. The molecular formula is C18H21FN4O3. The number of carbonyl (C=O) groups is 2. The Morgan fingerprint density at radius 1 is 1.35 bits per heavy atom. The van der Waals surface area contributed by atoms with Gasteiger partial charge in [0.15, 0.2) is 12.4 Å². The van der Waals surface area contributed by atoms with Crippen LogP contribution in [-0.2, 0) is 11.2 Å². The van der Waals surface area contributed by atoms with Gasteiger partial charge in [-0.1, -0.05) is 0 Å². The molecule has 0 saturated carbocycles. The van der Waals surface area contributed by atoms with Gasteiger partial charge < -0.3 is 15.4 Å². The molecule has 0 aliphatic rings. The monoisotopic (exact) mass is 360 g/mol. The Kier molecular flexibility index (Phi) is 6.60. The SMILES string of the molecule is CC(C)N(CCNC(=O)c1ccc[n+]([O-])c1)C(=O)Cc1ccc(F)cn1. The van der Waals surface area contributed by atoms with Crippen molar-refractivity contribution in [3.05, 3.63) is 65.1 Å². The fraction of sp³-hybridized carbons (Fsp3) is 0.333. The van der Waals surface area contributed by atoms with E-state index in [1.807, 2.05) is 13.8 Å². The minimum Gasteiger partial charge on any atom is -0.619 e. The van der Waals surface area contributed by atoms with Gasteiger partial charge in [-0.2, -0.15) is 4.73 Å². The van der Waals surface area contributed by atoms with E-state index in [1.165, 1.54) is 36.7 Å². The summed E-state index contributed by atoms with van der Waals surface area (Å²) in [5.41, 5.74) is 0.732. The van der Waals surface area contributed by atoms with Crippen molar-refractivity contribution in [2.75, 3.05) is 13.1 Å². The minimum absolute atomic E-state index is 0.0568. The van der Waals surface area contributed by atoms with Gasteiger partial charge in [0.25, 0.3) is 5.91 Å². The molecule has 0 unspecified atom stereocenters. The molecule has 2 aromatic heterocycles. The topological polar surface area (TPSA) is 89.2 Å². The second-order valence-electron chi connectivity index (χ2n) is 6.03. The third-order valence-corrected chi connectivity index (χ3v) is 3.74. The summed E-state index contributed by atoms with van der Waals surface area (Å²) in [6, 6.07) is 5.69. The molecule has 2 aromatic rings. The van der Waals surface area contributed by atoms with E-state index in [2.05, 4.69) is 10.3 Å². The highest BCUT2D eigenvalue weighted by Crippen LogP contribution is 2.05. The van der Waals surface area contributed by atoms with Crippen molar-refractivity contribution in [3.8, 4) is 0 Å². The van der Waals surface area contributed by atoms with Crippen LogP contribution >= 0.6 is 0 Å². The number of halogens is 1. The Hall–Kier alpha value is -3.03. The molecule has 0 fully saturated rings. The summed E-state index contributed by atoms with van der Waals surface area (Å²) < 4.78 is 13.4. The van der Waals surface area contributed by atoms with Gasteiger partial charge >= 0.3 is 0 Å². The van der Waals surface area contributed by atoms with Gasteiger partial charge in [0.05, 0.1) is 12.6 Å². The molecule has 0 aliphatic heterocycles. The van der Waals surface area contributed by atoms with Crippen LogP contribution in [0.15, 0.2) is 42.9 Å². The zero-order chi connectivity index (χ0) is 19.1. The van der Waals surface area contributed by atoms with Crippen LogP contribution in [0.2, 0.25) is 0 Å². The standard InChI is InChI=1S/C18H21FN4O3/c1-13(2)23(17(24)10-16-6-5-15(19)11-21-16)9-7-20-18(25)14-4-3-8-22(26)12-14/h3-6,8,11-13H,7,9-10H2,1-2H3,(H,20,25). The van der Waals surface area contributed by atoms with Crippen LogP contribution in [0.3, 0.4) is 0 Å². The van der Waals surface area contributed by atoms with Gasteiger partial charge in [-0.05, 0) is 32.0 Å². The summed E-state index contributed by atoms with van der Waals surface area (Å²) >= 11 is 0. The predicted molar refractivity (Wildman–Crippen MR) is 92.5 cm³/mol. The number of amides is 2. The molecule has 2 heterocycles. The second-order valence-corrected chi connectivity index (χ2v) is 6.03. The summed E-state index contributed by atoms with van der Waals surface area (Å²) in [7, 11) is 0. The lowest BCUT2D eigenvalue weighted by atomic mass is 10.2. The van der Waals surface area contributed by atoms with E-state index in [0.717, 1.165) is 6.20 Å². The molecule has 138 valence electrons. The lowest BCUT2D eigenvalue weighted by Crippen LogP contribution is -2.43. The number of rotatable bonds is 7. The molecule has 2 amide bonds. The maximum atomic E-state index is 12.9. The van der Waals surface area contributed by atoms with Gasteiger partial charge in [-0.3, -0.25) is 14.6 Å². The predicted octanol–water partition coefficient (Wildman–Crippen LogP) is 1.06. The largest absolute Gasteiger partial charge is 0.619 e. The Morgan fingerprint density at radius 3 is 2.73 bits per heavy atom. The van der Waals surface area contributed by atoms with Gasteiger partial charge in [0.2, 0.25) is 5.91 Å². The third kappa shape index (κ3) is 5.51. The van der Waals surface area contributed by atoms with Gasteiger partial charge in [0.1, 0.15) is 11.4 Å². The zero-order valence-electron chi connectivity index (χ0n) is 14.7. The highest BCUT2D eigenvalue weighted by Gasteiger charge is 2.18. The third-order valence-electron chi connectivity index (χ3n) is 3.74. The lowest BCUT2D eigenvalue weighted by molar-refractivity contribution is -0.605. The second kappa shape index (κ2) is 8.89. The van der Waals surface area contributed by atoms with Crippen molar-refractivity contribution in [3.63, 3.8) is 0 Å². The van der Waals surface area contributed by atoms with Crippen molar-refractivity contribution in [2.24, 2.45) is 0 Å². The minimum atomic E-state index is -0.454. The number of nitrogens with zero attached hydrogens (tertiary/aromatic N) is 3. The molecular weight excluding hydrogens is 339 g/mol. The van der Waals surface area contributed by atoms with Crippen molar-refractivity contribution in [1.29, 1.82) is 0 Å². The summed E-state index contributed by atoms with van der Waals surface area (Å²) in [5.74, 6) is -0.998. The number of pyridine rings is 2. The Bertz CT molecular complexity index is 765. The van der Waals surface area contributed by atoms with Crippen LogP contribution in [0.1, 0.15) is 29.9 Å². The average molecular weight is 360 g/mol. The van der Waals surface area contributed by atoms with E-state index in [1.54, 1.807) is 4.90 Å². The first-order chi connectivity index (χ1) is 12.4. The molecule has 0 radical (unpaired) electrons. The first kappa shape index (κ1) is 19.3. The Labute approximate surface area is 151 Å². The smallest absolute Gasteiger partial charge is 0.257 e. The molecule has 8 heteroatoms. The first-order valence-corrected chi connectivity index (χ1v) is 8.23. The van der Waals surface area contributed by atoms with Crippen LogP contribution in [0.25, 0.3) is 0 Å². The normalized spacial score (nSPS) is 10.6. The molecule has 0 bridgehead atoms. The summed E-state index contributed by atoms with van der Waals surface area (Å²) in [6.07, 6.45) is 3.60. The maximum Gasteiger partial charge on any atom is 0.257 e. The summed E-state index contributed by atoms with van der Waals surface area (Å²) in [6.45, 7) is 4.30. The van der Waals surface area contributed by atoms with Gasteiger partial charge in [-0.15, -0.1) is 0 Å². The molecule has 7 nitrogen and oxygen atoms in total. The Morgan fingerprint density at radius 2 is 2.12 bits per heavy atom. The van der Waals surface area contributed by atoms with Crippen molar-refractivity contribution >= 4 is 11.8 Å². The van der Waals surface area contributed by atoms with E-state index in [4.69, 9.17) is 0 Å². The number of hydrogen-bond donors (Lipinski definition) is 1. The van der Waals surface area contributed by atoms with Crippen molar-refractivity contribution < 1.29 is 18.7 Å². The number of aromatic nitrogens is 2. The van der Waals surface area contributed by atoms with Gasteiger partial charge in [0, 0.05) is 30.9 Å². The summed E-state index contributed by atoms with van der Waals surface area (Å²) in [4.78, 5) is 30.0. The molecule has 0 aromatic carbocycles. The highest BCUT2D eigenvalue weighted by atomic mass is 19.1. The molecule has 2 rings (SSSR count). The molecule has 0 atom stereocenters. The van der Waals surface area contributed by atoms with E-state index >= 15 is 0 Å². The van der Waals surface area contributed by atoms with Crippen molar-refractivity contribution in [2.45, 2.75) is 26.3 Å². The quantitative estimate of drug-likeness (QED) is 0.591. The fourth-order valence-electron chi connectivity index (χ4n) is 2.42. The zero-order valence-corrected chi connectivity index (χ0v) is 14.7. The van der Waals surface area contributed by atoms with Crippen LogP contribution in [0, 0.1) is 11.0 Å². The summed E-state index contributed by atoms with van der Waals surface area (Å²) in [5, 5.41) is 13.9. The Balaban J connectivity index is 1.90. The van der Waals surface area contributed by atoms with Crippen LogP contribution in [0.4, 0.5) is 4.39 Å². The van der Waals surface area contributed by atoms with Crippen molar-refractivity contribution in [1.82, 2.24) is 15.2 Å². The number of nitrogens with one attached hydrogen (secondary N) is 1. The molecule has 0 saturated heterocycles. The fourth-order valence-corrected chi connectivity index (χ4v) is 2.42. The molecule has 0 aliphatic carbocycles. The van der Waals surface area contributed by atoms with Crippen LogP contribution < -0.4 is 10.0 Å². The number of carbonyl (C=O) groups excluding carboxylic acids is 2. The van der Waals surface area contributed by atoms with Crippen LogP contribution in [0.5, 0.6) is 0 Å². The maximum absolute atomic E-state index is 12.9. The number of hydrogen-bond acceptors (Lipinski definition) is 4. The van der Waals surface area contributed by atoms with Gasteiger partial charge in [-0.25, -0.2) is 4.39 Å². The highest BCUT2D eigenvalue weighted by molar-refractivity contribution is 5.93. The molecule has 0 spiro atoms. The van der Waals surface area contributed by atoms with E-state index in [-0.39, 0.29) is 36.4 Å². The van der Waals surface area contributed by atoms with E-state index in [9.17, 15) is 19.2 Å². The first-order valence-electron chi connectivity index (χ1n) is 8.23. The van der Waals surface area contributed by atoms with E-state index in [0.29, 0.717) is 17.0 Å². The van der Waals surface area contributed by atoms with Crippen LogP contribution in [-0.4, -0.2) is 40.8 Å². The lowest BCUT2D eigenvalue weighted by Gasteiger charge is -2.27. The van der Waals surface area contributed by atoms with E-state index < -0.39 is 5.82 Å².